The van der Waals surface area contributed by atoms with Gasteiger partial charge in [-0.2, -0.15) is 0 Å². The predicted molar refractivity (Wildman–Crippen MR) is 149 cm³/mol. The van der Waals surface area contributed by atoms with Crippen LogP contribution in [0, 0.1) is 0 Å². The largest absolute Gasteiger partial charge is 0.321 e. The van der Waals surface area contributed by atoms with Crippen LogP contribution in [0.15, 0.2) is 121 Å². The van der Waals surface area contributed by atoms with E-state index in [2.05, 4.69) is 154 Å². The van der Waals surface area contributed by atoms with Gasteiger partial charge < -0.3 is 4.90 Å². The molecule has 0 fully saturated rings. The van der Waals surface area contributed by atoms with E-state index in [-0.39, 0.29) is 0 Å². The van der Waals surface area contributed by atoms with Gasteiger partial charge in [0.1, 0.15) is 4.45 Å². The lowest BCUT2D eigenvalue weighted by Gasteiger charge is -2.43. The van der Waals surface area contributed by atoms with Gasteiger partial charge in [-0.3, -0.25) is 0 Å². The first kappa shape index (κ1) is 20.9. The van der Waals surface area contributed by atoms with E-state index in [4.69, 9.17) is 0 Å². The molecule has 2 heteroatoms. The highest BCUT2D eigenvalue weighted by Gasteiger charge is 2.39. The zero-order chi connectivity index (χ0) is 23.0. The molecule has 0 radical (unpaired) electrons. The van der Waals surface area contributed by atoms with Crippen molar-refractivity contribution in [3.05, 3.63) is 144 Å². The lowest BCUT2D eigenvalue weighted by molar-refractivity contribution is 0.751. The first-order chi connectivity index (χ1) is 16.7. The quantitative estimate of drug-likeness (QED) is 0.200. The van der Waals surface area contributed by atoms with Crippen LogP contribution in [0.3, 0.4) is 0 Å². The van der Waals surface area contributed by atoms with Crippen molar-refractivity contribution in [2.75, 3.05) is 4.90 Å². The van der Waals surface area contributed by atoms with Gasteiger partial charge in [-0.25, -0.2) is 0 Å². The minimum atomic E-state index is -0.448. The number of benzene rings is 4. The molecule has 164 valence electrons. The van der Waals surface area contributed by atoms with Crippen LogP contribution < -0.4 is 4.90 Å². The summed E-state index contributed by atoms with van der Waals surface area (Å²) in [5.74, 6) is 0. The molecule has 0 amide bonds. The van der Waals surface area contributed by atoms with Gasteiger partial charge in [-0.1, -0.05) is 131 Å². The molecule has 0 bridgehead atoms. The minimum absolute atomic E-state index is 0.448. The van der Waals surface area contributed by atoms with Crippen molar-refractivity contribution < 1.29 is 0 Å². The van der Waals surface area contributed by atoms with Crippen LogP contribution in [0.25, 0.3) is 23.3 Å². The molecule has 0 N–H and O–H groups in total. The Hall–Kier alpha value is -3.62. The SMILES string of the molecule is BrC1(N2c3ccccc3C=Cc3ccccc32)C=C(c2ccccc2)C=C(c2ccccc2)C1. The van der Waals surface area contributed by atoms with E-state index < -0.39 is 4.45 Å². The van der Waals surface area contributed by atoms with E-state index in [9.17, 15) is 0 Å². The van der Waals surface area contributed by atoms with Crippen LogP contribution in [-0.2, 0) is 0 Å². The maximum atomic E-state index is 4.29. The van der Waals surface area contributed by atoms with Crippen molar-refractivity contribution in [1.82, 2.24) is 0 Å². The normalized spacial score (nSPS) is 18.9. The summed E-state index contributed by atoms with van der Waals surface area (Å²) in [6.45, 7) is 0. The molecule has 1 aliphatic carbocycles. The van der Waals surface area contributed by atoms with E-state index in [1.54, 1.807) is 0 Å². The number of hydrogen-bond donors (Lipinski definition) is 0. The standard InChI is InChI=1S/C32H24BrN/c33-32(34-30-17-9-7-15-26(30)19-20-27-16-8-10-18-31(27)34)22-28(24-11-3-1-4-12-24)21-29(23-32)25-13-5-2-6-14-25/h1-22H,23H2. The summed E-state index contributed by atoms with van der Waals surface area (Å²) in [6.07, 6.45) is 10.0. The number of allylic oxidation sites excluding steroid dienone is 2. The van der Waals surface area contributed by atoms with Crippen LogP contribution in [0.1, 0.15) is 28.7 Å². The summed E-state index contributed by atoms with van der Waals surface area (Å²) in [7, 11) is 0. The minimum Gasteiger partial charge on any atom is -0.321 e. The van der Waals surface area contributed by atoms with Crippen molar-refractivity contribution in [1.29, 1.82) is 0 Å². The Balaban J connectivity index is 1.58. The van der Waals surface area contributed by atoms with Crippen molar-refractivity contribution in [2.45, 2.75) is 10.9 Å². The molecule has 0 saturated heterocycles. The smallest absolute Gasteiger partial charge is 0.123 e. The molecular weight excluding hydrogens is 478 g/mol. The van der Waals surface area contributed by atoms with E-state index in [1.807, 2.05) is 0 Å². The fourth-order valence-electron chi connectivity index (χ4n) is 4.99. The van der Waals surface area contributed by atoms with Crippen LogP contribution in [0.4, 0.5) is 11.4 Å². The number of halogens is 1. The molecule has 34 heavy (non-hydrogen) atoms. The monoisotopic (exact) mass is 501 g/mol. The van der Waals surface area contributed by atoms with Gasteiger partial charge >= 0.3 is 0 Å². The zero-order valence-corrected chi connectivity index (χ0v) is 20.3. The second-order valence-electron chi connectivity index (χ2n) is 8.78. The summed E-state index contributed by atoms with van der Waals surface area (Å²) in [6, 6.07) is 38.7. The van der Waals surface area contributed by atoms with Gasteiger partial charge in [0.25, 0.3) is 0 Å². The average Bonchev–Trinajstić information content (AvgIpc) is 3.07. The maximum Gasteiger partial charge on any atom is 0.123 e. The first-order valence-corrected chi connectivity index (χ1v) is 12.4. The van der Waals surface area contributed by atoms with Gasteiger partial charge in [0.15, 0.2) is 0 Å². The Morgan fingerprint density at radius 3 is 1.68 bits per heavy atom. The number of alkyl halides is 1. The van der Waals surface area contributed by atoms with Crippen molar-refractivity contribution in [3.63, 3.8) is 0 Å². The first-order valence-electron chi connectivity index (χ1n) is 11.6. The highest BCUT2D eigenvalue weighted by Crippen LogP contribution is 2.50. The lowest BCUT2D eigenvalue weighted by Crippen LogP contribution is -2.41. The fourth-order valence-corrected chi connectivity index (χ4v) is 5.92. The van der Waals surface area contributed by atoms with Crippen LogP contribution in [0.5, 0.6) is 0 Å². The molecule has 4 aromatic carbocycles. The van der Waals surface area contributed by atoms with E-state index >= 15 is 0 Å². The third-order valence-corrected chi connectivity index (χ3v) is 7.43. The maximum absolute atomic E-state index is 4.29. The van der Waals surface area contributed by atoms with Crippen molar-refractivity contribution >= 4 is 50.6 Å². The molecule has 0 saturated carbocycles. The molecule has 1 nitrogen and oxygen atoms in total. The predicted octanol–water partition coefficient (Wildman–Crippen LogP) is 8.97. The zero-order valence-electron chi connectivity index (χ0n) is 18.7. The summed E-state index contributed by atoms with van der Waals surface area (Å²) < 4.78 is -0.448. The van der Waals surface area contributed by atoms with E-state index in [0.717, 1.165) is 6.42 Å². The second kappa shape index (κ2) is 8.62. The molecule has 1 heterocycles. The Morgan fingerprint density at radius 2 is 1.09 bits per heavy atom. The average molecular weight is 502 g/mol. The summed E-state index contributed by atoms with van der Waals surface area (Å²) in [5, 5.41) is 0. The molecule has 1 unspecified atom stereocenters. The number of rotatable bonds is 3. The molecular formula is C32H24BrN. The highest BCUT2D eigenvalue weighted by atomic mass is 79.9. The number of anilines is 2. The number of para-hydroxylation sites is 2. The number of fused-ring (bicyclic) bond motifs is 2. The Labute approximate surface area is 209 Å². The van der Waals surface area contributed by atoms with Gasteiger partial charge in [-0.05, 0) is 51.6 Å². The Kier molecular flexibility index (Phi) is 5.31. The summed E-state index contributed by atoms with van der Waals surface area (Å²) in [5.41, 5.74) is 9.81. The summed E-state index contributed by atoms with van der Waals surface area (Å²) >= 11 is 4.29. The Morgan fingerprint density at radius 1 is 0.588 bits per heavy atom. The van der Waals surface area contributed by atoms with Crippen LogP contribution >= 0.6 is 15.9 Å². The lowest BCUT2D eigenvalue weighted by atomic mass is 9.86. The number of hydrogen-bond acceptors (Lipinski definition) is 1. The molecule has 4 aromatic rings. The molecule has 1 aliphatic heterocycles. The van der Waals surface area contributed by atoms with Crippen LogP contribution in [-0.4, -0.2) is 4.45 Å². The Bertz CT molecular complexity index is 1380. The third kappa shape index (κ3) is 3.74. The summed E-state index contributed by atoms with van der Waals surface area (Å²) in [4.78, 5) is 2.47. The molecule has 0 aromatic heterocycles. The van der Waals surface area contributed by atoms with Gasteiger partial charge in [-0.15, -0.1) is 0 Å². The number of nitrogens with zero attached hydrogens (tertiary/aromatic N) is 1. The molecule has 6 rings (SSSR count). The van der Waals surface area contributed by atoms with Gasteiger partial charge in [0, 0.05) is 17.8 Å². The molecule has 1 atom stereocenters. The topological polar surface area (TPSA) is 3.24 Å². The van der Waals surface area contributed by atoms with Gasteiger partial charge in [0.05, 0.1) is 0 Å². The van der Waals surface area contributed by atoms with Crippen molar-refractivity contribution in [2.24, 2.45) is 0 Å². The van der Waals surface area contributed by atoms with E-state index in [1.165, 1.54) is 44.8 Å². The third-order valence-electron chi connectivity index (χ3n) is 6.57. The molecule has 2 aliphatic rings. The van der Waals surface area contributed by atoms with E-state index in [0.29, 0.717) is 0 Å². The molecule has 0 spiro atoms. The highest BCUT2D eigenvalue weighted by molar-refractivity contribution is 9.10. The second-order valence-corrected chi connectivity index (χ2v) is 10.2. The van der Waals surface area contributed by atoms with Crippen molar-refractivity contribution in [3.8, 4) is 0 Å². The van der Waals surface area contributed by atoms with Crippen LogP contribution in [0.2, 0.25) is 0 Å². The van der Waals surface area contributed by atoms with Gasteiger partial charge in [0.2, 0.25) is 0 Å². The fraction of sp³-hybridized carbons (Fsp3) is 0.0625.